The molecule has 10 heteroatoms. The van der Waals surface area contributed by atoms with E-state index in [1.54, 1.807) is 13.0 Å². The highest BCUT2D eigenvalue weighted by Gasteiger charge is 2.33. The van der Waals surface area contributed by atoms with Crippen LogP contribution in [0.5, 0.6) is 5.75 Å². The molecule has 1 aliphatic rings. The lowest BCUT2D eigenvalue weighted by atomic mass is 10.1. The highest BCUT2D eigenvalue weighted by Crippen LogP contribution is 2.31. The summed E-state index contributed by atoms with van der Waals surface area (Å²) in [5, 5.41) is 7.33. The number of nitrogens with zero attached hydrogens (tertiary/aromatic N) is 5. The lowest BCUT2D eigenvalue weighted by Gasteiger charge is -2.28. The minimum atomic E-state index is -0.982. The summed E-state index contributed by atoms with van der Waals surface area (Å²) in [5.41, 5.74) is -0.478. The summed E-state index contributed by atoms with van der Waals surface area (Å²) >= 11 is 0. The van der Waals surface area contributed by atoms with Crippen LogP contribution in [0.25, 0.3) is 5.69 Å². The number of aromatic nitrogens is 4. The van der Waals surface area contributed by atoms with Gasteiger partial charge in [0.05, 0.1) is 12.8 Å². The van der Waals surface area contributed by atoms with E-state index in [2.05, 4.69) is 10.4 Å². The minimum Gasteiger partial charge on any atom is -0.494 e. The van der Waals surface area contributed by atoms with Crippen molar-refractivity contribution in [2.24, 2.45) is 0 Å². The molecule has 0 atom stereocenters. The molecule has 0 spiro atoms. The van der Waals surface area contributed by atoms with Crippen LogP contribution < -0.4 is 15.3 Å². The van der Waals surface area contributed by atoms with E-state index in [1.165, 1.54) is 36.3 Å². The molecule has 1 heterocycles. The van der Waals surface area contributed by atoms with E-state index in [0.29, 0.717) is 27.8 Å². The summed E-state index contributed by atoms with van der Waals surface area (Å²) in [4.78, 5) is 27.6. The van der Waals surface area contributed by atoms with Gasteiger partial charge in [-0.05, 0) is 60.0 Å². The fourth-order valence-electron chi connectivity index (χ4n) is 3.90. The van der Waals surface area contributed by atoms with Crippen LogP contribution in [0.15, 0.2) is 41.2 Å². The van der Waals surface area contributed by atoms with Gasteiger partial charge in [0.2, 0.25) is 0 Å². The van der Waals surface area contributed by atoms with Crippen molar-refractivity contribution in [2.75, 3.05) is 12.0 Å². The molecule has 3 aromatic rings. The summed E-state index contributed by atoms with van der Waals surface area (Å²) in [6.07, 6.45) is 3.11. The number of amides is 1. The largest absolute Gasteiger partial charge is 0.494 e. The zero-order valence-electron chi connectivity index (χ0n) is 17.1. The van der Waals surface area contributed by atoms with Crippen LogP contribution >= 0.6 is 0 Å². The average molecular weight is 429 g/mol. The van der Waals surface area contributed by atoms with Gasteiger partial charge in [-0.25, -0.2) is 18.4 Å². The van der Waals surface area contributed by atoms with Gasteiger partial charge in [-0.2, -0.15) is 4.68 Å². The molecular weight excluding hydrogens is 408 g/mol. The topological polar surface area (TPSA) is 82.2 Å². The van der Waals surface area contributed by atoms with Crippen LogP contribution in [0.2, 0.25) is 0 Å². The number of ether oxygens (including phenoxy) is 1. The van der Waals surface area contributed by atoms with Gasteiger partial charge in [-0.15, -0.1) is 4.68 Å². The van der Waals surface area contributed by atoms with Crippen molar-refractivity contribution in [1.29, 1.82) is 0 Å². The van der Waals surface area contributed by atoms with E-state index < -0.39 is 23.4 Å². The maximum absolute atomic E-state index is 14.8. The Bertz CT molecular complexity index is 1180. The van der Waals surface area contributed by atoms with Crippen molar-refractivity contribution in [3.05, 3.63) is 64.1 Å². The van der Waals surface area contributed by atoms with E-state index in [9.17, 15) is 18.4 Å². The van der Waals surface area contributed by atoms with Crippen molar-refractivity contribution < 1.29 is 18.3 Å². The second-order valence-corrected chi connectivity index (χ2v) is 7.42. The first-order valence-corrected chi connectivity index (χ1v) is 9.90. The van der Waals surface area contributed by atoms with Gasteiger partial charge < -0.3 is 4.74 Å². The Kier molecular flexibility index (Phi) is 5.53. The third kappa shape index (κ3) is 3.69. The summed E-state index contributed by atoms with van der Waals surface area (Å²) < 4.78 is 35.5. The Hall–Kier alpha value is -3.56. The van der Waals surface area contributed by atoms with Crippen LogP contribution in [0.3, 0.4) is 0 Å². The molecule has 162 valence electrons. The summed E-state index contributed by atoms with van der Waals surface area (Å²) in [5.74, 6) is -1.28. The van der Waals surface area contributed by atoms with Gasteiger partial charge in [0.15, 0.2) is 5.82 Å². The van der Waals surface area contributed by atoms with Crippen LogP contribution in [0.4, 0.5) is 19.3 Å². The van der Waals surface area contributed by atoms with Crippen molar-refractivity contribution >= 4 is 11.7 Å². The number of carbonyl (C=O) groups excluding carboxylic acids is 1. The first-order valence-electron chi connectivity index (χ1n) is 9.90. The average Bonchev–Trinajstić information content (AvgIpc) is 3.40. The van der Waals surface area contributed by atoms with Crippen LogP contribution in [0.1, 0.15) is 31.2 Å². The lowest BCUT2D eigenvalue weighted by molar-refractivity contribution is 0.241. The van der Waals surface area contributed by atoms with Crippen LogP contribution in [0, 0.1) is 18.6 Å². The molecule has 0 radical (unpaired) electrons. The molecule has 0 N–H and O–H groups in total. The monoisotopic (exact) mass is 429 g/mol. The molecule has 1 amide bonds. The highest BCUT2D eigenvalue weighted by molar-refractivity contribution is 5.93. The maximum Gasteiger partial charge on any atom is 0.377 e. The third-order valence-corrected chi connectivity index (χ3v) is 5.40. The number of methoxy groups -OCH3 is 1. The number of hydrogen-bond donors (Lipinski definition) is 0. The van der Waals surface area contributed by atoms with Crippen molar-refractivity contribution in [3.63, 3.8) is 0 Å². The number of rotatable bonds is 4. The fourth-order valence-corrected chi connectivity index (χ4v) is 3.90. The van der Waals surface area contributed by atoms with Gasteiger partial charge >= 0.3 is 11.7 Å². The Labute approximate surface area is 176 Å². The second kappa shape index (κ2) is 8.29. The number of para-hydroxylation sites is 1. The van der Waals surface area contributed by atoms with Gasteiger partial charge in [-0.3, -0.25) is 4.90 Å². The fraction of sp³-hybridized carbons (Fsp3) is 0.333. The van der Waals surface area contributed by atoms with Gasteiger partial charge in [0, 0.05) is 6.04 Å². The smallest absolute Gasteiger partial charge is 0.377 e. The Morgan fingerprint density at radius 2 is 1.87 bits per heavy atom. The lowest BCUT2D eigenvalue weighted by Crippen LogP contribution is -2.46. The number of hydrogen-bond acceptors (Lipinski definition) is 5. The van der Waals surface area contributed by atoms with Gasteiger partial charge in [-0.1, -0.05) is 25.0 Å². The molecule has 1 saturated carbocycles. The van der Waals surface area contributed by atoms with E-state index >= 15 is 0 Å². The quantitative estimate of drug-likeness (QED) is 0.594. The number of benzene rings is 2. The summed E-state index contributed by atoms with van der Waals surface area (Å²) in [6, 6.07) is 7.41. The SMILES string of the molecule is COc1cccc(F)c1-n1nnn(C(=O)N(c2ccc(C)cc2F)C2CCCC2)c1=O. The van der Waals surface area contributed by atoms with Gasteiger partial charge in [0.1, 0.15) is 17.3 Å². The molecule has 1 fully saturated rings. The molecule has 2 aromatic carbocycles. The summed E-state index contributed by atoms with van der Waals surface area (Å²) in [7, 11) is 1.32. The number of anilines is 1. The third-order valence-electron chi connectivity index (χ3n) is 5.40. The zero-order chi connectivity index (χ0) is 22.1. The summed E-state index contributed by atoms with van der Waals surface area (Å²) in [6.45, 7) is 1.74. The Balaban J connectivity index is 1.80. The molecule has 0 unspecified atom stereocenters. The molecular formula is C21H21F2N5O3. The molecule has 8 nitrogen and oxygen atoms in total. The maximum atomic E-state index is 14.8. The van der Waals surface area contributed by atoms with E-state index in [4.69, 9.17) is 4.74 Å². The molecule has 0 saturated heterocycles. The number of tetrazole rings is 1. The number of carbonyl (C=O) groups is 1. The predicted molar refractivity (Wildman–Crippen MR) is 109 cm³/mol. The highest BCUT2D eigenvalue weighted by atomic mass is 19.1. The van der Waals surface area contributed by atoms with Crippen molar-refractivity contribution in [3.8, 4) is 11.4 Å². The first kappa shape index (κ1) is 20.7. The van der Waals surface area contributed by atoms with E-state index in [0.717, 1.165) is 18.9 Å². The normalized spacial score (nSPS) is 14.1. The Morgan fingerprint density at radius 1 is 1.13 bits per heavy atom. The molecule has 0 aliphatic heterocycles. The zero-order valence-corrected chi connectivity index (χ0v) is 17.1. The van der Waals surface area contributed by atoms with Crippen molar-refractivity contribution in [1.82, 2.24) is 19.8 Å². The van der Waals surface area contributed by atoms with Crippen LogP contribution in [-0.4, -0.2) is 39.0 Å². The molecule has 1 aromatic heterocycles. The molecule has 4 rings (SSSR count). The number of aryl methyl sites for hydroxylation is 1. The first-order chi connectivity index (χ1) is 14.9. The Morgan fingerprint density at radius 3 is 2.55 bits per heavy atom. The minimum absolute atomic E-state index is 0.0545. The van der Waals surface area contributed by atoms with E-state index in [1.807, 2.05) is 0 Å². The molecule has 0 bridgehead atoms. The van der Waals surface area contributed by atoms with Crippen molar-refractivity contribution in [2.45, 2.75) is 38.6 Å². The van der Waals surface area contributed by atoms with E-state index in [-0.39, 0.29) is 23.2 Å². The standard InChI is InChI=1S/C21H21F2N5O3/c1-13-10-11-17(16(23)12-13)26(14-6-3-4-7-14)20(29)28-21(30)27(24-25-28)19-15(22)8-5-9-18(19)31-2/h5,8-12,14H,3-4,6-7H2,1-2H3. The predicted octanol–water partition coefficient (Wildman–Crippen LogP) is 3.44. The second-order valence-electron chi connectivity index (χ2n) is 7.42. The molecule has 1 aliphatic carbocycles. The van der Waals surface area contributed by atoms with Crippen LogP contribution in [-0.2, 0) is 0 Å². The van der Waals surface area contributed by atoms with Gasteiger partial charge in [0.25, 0.3) is 0 Å². The molecule has 31 heavy (non-hydrogen) atoms. The number of halogens is 2.